The number of fused-ring (bicyclic) bond motifs is 5. The molecule has 1 unspecified atom stereocenters. The van der Waals surface area contributed by atoms with Crippen molar-refractivity contribution in [2.75, 3.05) is 13.2 Å². The summed E-state index contributed by atoms with van der Waals surface area (Å²) in [5.74, 6) is 4.60. The molecule has 1 heterocycles. The zero-order chi connectivity index (χ0) is 22.5. The van der Waals surface area contributed by atoms with Gasteiger partial charge in [0, 0.05) is 12.5 Å². The number of carbonyl (C=O) groups excluding carboxylic acids is 1. The maximum Gasteiger partial charge on any atom is 0.171 e. The van der Waals surface area contributed by atoms with E-state index in [9.17, 15) is 9.90 Å². The van der Waals surface area contributed by atoms with Crippen LogP contribution in [0.3, 0.4) is 0 Å². The predicted molar refractivity (Wildman–Crippen MR) is 120 cm³/mol. The van der Waals surface area contributed by atoms with E-state index in [2.05, 4.69) is 22.3 Å². The SMILES string of the molecule is CCOC[C@@]1(O)CC[C@H]2C(CC[C@@H]3[C@@H]2CC[C@]2(C)[C@@H](C(=O)Cn4nnc(C)n4)CC[C@@H]32)C1. The number of ether oxygens (including phenoxy) is 1. The minimum absolute atomic E-state index is 0.116. The first-order valence-electron chi connectivity index (χ1n) is 12.9. The molecule has 32 heavy (non-hydrogen) atoms. The van der Waals surface area contributed by atoms with E-state index in [1.165, 1.54) is 30.5 Å². The van der Waals surface area contributed by atoms with Crippen molar-refractivity contribution in [3.63, 3.8) is 0 Å². The van der Waals surface area contributed by atoms with Gasteiger partial charge in [0.2, 0.25) is 0 Å². The first-order valence-corrected chi connectivity index (χ1v) is 12.9. The second-order valence-corrected chi connectivity index (χ2v) is 11.5. The van der Waals surface area contributed by atoms with Crippen LogP contribution in [-0.4, -0.2) is 49.9 Å². The minimum Gasteiger partial charge on any atom is -0.387 e. The molecule has 0 aliphatic heterocycles. The lowest BCUT2D eigenvalue weighted by Gasteiger charge is -2.57. The molecule has 1 aromatic heterocycles. The van der Waals surface area contributed by atoms with Gasteiger partial charge in [0.25, 0.3) is 0 Å². The van der Waals surface area contributed by atoms with E-state index in [0.717, 1.165) is 49.9 Å². The lowest BCUT2D eigenvalue weighted by molar-refractivity contribution is -0.138. The van der Waals surface area contributed by atoms with Crippen molar-refractivity contribution in [1.82, 2.24) is 20.2 Å². The molecular formula is C25H40N4O3. The van der Waals surface area contributed by atoms with E-state index in [0.29, 0.717) is 30.9 Å². The molecule has 1 N–H and O–H groups in total. The second kappa shape index (κ2) is 8.46. The maximum atomic E-state index is 13.3. The van der Waals surface area contributed by atoms with Crippen LogP contribution in [0.5, 0.6) is 0 Å². The van der Waals surface area contributed by atoms with Crippen molar-refractivity contribution in [1.29, 1.82) is 0 Å². The summed E-state index contributed by atoms with van der Waals surface area (Å²) < 4.78 is 5.61. The summed E-state index contributed by atoms with van der Waals surface area (Å²) in [6.07, 6.45) is 10.0. The summed E-state index contributed by atoms with van der Waals surface area (Å²) in [6.45, 7) is 7.63. The van der Waals surface area contributed by atoms with Gasteiger partial charge < -0.3 is 9.84 Å². The summed E-state index contributed by atoms with van der Waals surface area (Å²) in [4.78, 5) is 14.7. The molecule has 0 amide bonds. The standard InChI is InChI=1S/C25H40N4O3/c1-4-32-15-25(31)12-10-18-17(13-25)5-6-20-19(18)9-11-24(3)21(20)7-8-22(24)23(30)14-29-27-16(2)26-28-29/h17-22,31H,4-15H2,1-3H3/t17?,18-,19+,20+,21-,22+,24-,25+/m0/s1. The molecule has 0 bridgehead atoms. The van der Waals surface area contributed by atoms with Gasteiger partial charge in [-0.3, -0.25) is 4.79 Å². The van der Waals surface area contributed by atoms with Crippen LogP contribution < -0.4 is 0 Å². The number of hydrogen-bond donors (Lipinski definition) is 1. The van der Waals surface area contributed by atoms with Gasteiger partial charge in [0.1, 0.15) is 6.54 Å². The lowest BCUT2D eigenvalue weighted by Crippen LogP contribution is -2.52. The zero-order valence-electron chi connectivity index (χ0n) is 20.0. The highest BCUT2D eigenvalue weighted by atomic mass is 16.5. The Balaban J connectivity index is 1.26. The van der Waals surface area contributed by atoms with Gasteiger partial charge in [-0.05, 0) is 112 Å². The van der Waals surface area contributed by atoms with Gasteiger partial charge in [-0.25, -0.2) is 0 Å². The van der Waals surface area contributed by atoms with E-state index in [-0.39, 0.29) is 23.7 Å². The molecule has 1 aromatic rings. The zero-order valence-corrected chi connectivity index (χ0v) is 20.0. The predicted octanol–water partition coefficient (Wildman–Crippen LogP) is 3.59. The van der Waals surface area contributed by atoms with E-state index < -0.39 is 5.60 Å². The van der Waals surface area contributed by atoms with Crippen molar-refractivity contribution in [2.45, 2.75) is 90.7 Å². The summed E-state index contributed by atoms with van der Waals surface area (Å²) >= 11 is 0. The van der Waals surface area contributed by atoms with Crippen LogP contribution in [0, 0.1) is 47.8 Å². The van der Waals surface area contributed by atoms with Crippen molar-refractivity contribution in [2.24, 2.45) is 40.9 Å². The third-order valence-electron chi connectivity index (χ3n) is 9.92. The van der Waals surface area contributed by atoms with Crippen molar-refractivity contribution in [3.8, 4) is 0 Å². The van der Waals surface area contributed by atoms with E-state index in [1.807, 2.05) is 6.92 Å². The molecule has 178 valence electrons. The summed E-state index contributed by atoms with van der Waals surface area (Å²) in [7, 11) is 0. The van der Waals surface area contributed by atoms with Gasteiger partial charge >= 0.3 is 0 Å². The molecule has 8 atom stereocenters. The first kappa shape index (κ1) is 22.5. The number of rotatable bonds is 6. The highest BCUT2D eigenvalue weighted by Gasteiger charge is 2.59. The Morgan fingerprint density at radius 1 is 1.12 bits per heavy atom. The highest BCUT2D eigenvalue weighted by molar-refractivity contribution is 5.81. The van der Waals surface area contributed by atoms with Gasteiger partial charge in [0.05, 0.1) is 12.2 Å². The fourth-order valence-electron chi connectivity index (χ4n) is 8.55. The average Bonchev–Trinajstić information content (AvgIpc) is 3.34. The highest BCUT2D eigenvalue weighted by Crippen LogP contribution is 2.64. The number of Topliss-reactive ketones (excluding diaryl/α,β-unsaturated/α-hetero) is 1. The Labute approximate surface area is 191 Å². The van der Waals surface area contributed by atoms with Crippen LogP contribution in [0.4, 0.5) is 0 Å². The number of nitrogens with zero attached hydrogens (tertiary/aromatic N) is 4. The van der Waals surface area contributed by atoms with Gasteiger partial charge in [-0.2, -0.15) is 4.80 Å². The van der Waals surface area contributed by atoms with Crippen LogP contribution in [0.15, 0.2) is 0 Å². The van der Waals surface area contributed by atoms with E-state index in [1.54, 1.807) is 6.92 Å². The molecule has 5 rings (SSSR count). The molecule has 4 saturated carbocycles. The summed E-state index contributed by atoms with van der Waals surface area (Å²) in [6, 6.07) is 0. The van der Waals surface area contributed by atoms with Gasteiger partial charge in [-0.15, -0.1) is 10.2 Å². The average molecular weight is 445 g/mol. The maximum absolute atomic E-state index is 13.3. The van der Waals surface area contributed by atoms with Crippen LogP contribution in [0.1, 0.15) is 77.5 Å². The van der Waals surface area contributed by atoms with E-state index in [4.69, 9.17) is 4.74 Å². The first-order chi connectivity index (χ1) is 15.3. The largest absolute Gasteiger partial charge is 0.387 e. The van der Waals surface area contributed by atoms with E-state index >= 15 is 0 Å². The van der Waals surface area contributed by atoms with Crippen LogP contribution in [0.2, 0.25) is 0 Å². The van der Waals surface area contributed by atoms with Crippen LogP contribution in [-0.2, 0) is 16.1 Å². The Kier molecular flexibility index (Phi) is 5.94. The van der Waals surface area contributed by atoms with Gasteiger partial charge in [-0.1, -0.05) is 6.92 Å². The molecule has 7 nitrogen and oxygen atoms in total. The number of aliphatic hydroxyl groups is 1. The fourth-order valence-corrected chi connectivity index (χ4v) is 8.55. The Morgan fingerprint density at radius 2 is 1.94 bits per heavy atom. The molecule has 4 fully saturated rings. The third-order valence-corrected chi connectivity index (χ3v) is 9.92. The van der Waals surface area contributed by atoms with Crippen LogP contribution >= 0.6 is 0 Å². The quantitative estimate of drug-likeness (QED) is 0.721. The van der Waals surface area contributed by atoms with Crippen molar-refractivity contribution >= 4 is 5.78 Å². The number of carbonyl (C=O) groups is 1. The molecule has 0 spiro atoms. The molecule has 4 aliphatic rings. The Hall–Kier alpha value is -1.34. The monoisotopic (exact) mass is 444 g/mol. The number of ketones is 1. The molecule has 7 heteroatoms. The molecule has 0 aromatic carbocycles. The van der Waals surface area contributed by atoms with Crippen LogP contribution in [0.25, 0.3) is 0 Å². The fraction of sp³-hybridized carbons (Fsp3) is 0.920. The molecular weight excluding hydrogens is 404 g/mol. The lowest BCUT2D eigenvalue weighted by atomic mass is 9.49. The smallest absolute Gasteiger partial charge is 0.171 e. The third kappa shape index (κ3) is 3.83. The number of aryl methyl sites for hydroxylation is 1. The minimum atomic E-state index is -0.619. The summed E-state index contributed by atoms with van der Waals surface area (Å²) in [5, 5.41) is 23.2. The number of hydrogen-bond acceptors (Lipinski definition) is 6. The number of aromatic nitrogens is 4. The molecule has 4 aliphatic carbocycles. The normalized spacial score (nSPS) is 43.4. The second-order valence-electron chi connectivity index (χ2n) is 11.5. The summed E-state index contributed by atoms with van der Waals surface area (Å²) in [5.41, 5.74) is -0.503. The topological polar surface area (TPSA) is 90.1 Å². The Bertz CT molecular complexity index is 843. The molecule has 0 radical (unpaired) electrons. The number of tetrazole rings is 1. The van der Waals surface area contributed by atoms with Crippen molar-refractivity contribution < 1.29 is 14.6 Å². The van der Waals surface area contributed by atoms with Gasteiger partial charge in [0.15, 0.2) is 11.6 Å². The van der Waals surface area contributed by atoms with Crippen molar-refractivity contribution in [3.05, 3.63) is 5.82 Å². The Morgan fingerprint density at radius 3 is 2.69 bits per heavy atom. The molecule has 0 saturated heterocycles.